The highest BCUT2D eigenvalue weighted by atomic mass is 32.4. The van der Waals surface area contributed by atoms with Crippen LogP contribution in [0.2, 0.25) is 0 Å². The first-order valence-electron chi connectivity index (χ1n) is 11.1. The number of ether oxygens (including phenoxy) is 1. The number of benzene rings is 4. The van der Waals surface area contributed by atoms with Gasteiger partial charge in [-0.3, -0.25) is 14.9 Å². The van der Waals surface area contributed by atoms with Gasteiger partial charge in [-0.15, -0.1) is 0 Å². The van der Waals surface area contributed by atoms with E-state index in [4.69, 9.17) is 16.5 Å². The minimum Gasteiger partial charge on any atom is -0.497 e. The van der Waals surface area contributed by atoms with Crippen molar-refractivity contribution in [2.24, 2.45) is 0 Å². The fourth-order valence-corrected chi connectivity index (χ4v) is 8.71. The lowest BCUT2D eigenvalue weighted by Crippen LogP contribution is -2.29. The van der Waals surface area contributed by atoms with Crippen LogP contribution in [0.25, 0.3) is 22.0 Å². The lowest BCUT2D eigenvalue weighted by atomic mass is 10.1. The summed E-state index contributed by atoms with van der Waals surface area (Å²) in [4.78, 5) is 27.6. The minimum absolute atomic E-state index is 0.0993. The van der Waals surface area contributed by atoms with E-state index in [-0.39, 0.29) is 11.2 Å². The maximum atomic E-state index is 13.3. The van der Waals surface area contributed by atoms with Crippen molar-refractivity contribution < 1.29 is 9.66 Å². The van der Waals surface area contributed by atoms with Crippen molar-refractivity contribution in [1.82, 2.24) is 4.98 Å². The van der Waals surface area contributed by atoms with Gasteiger partial charge in [-0.1, -0.05) is 72.5 Å². The molecule has 0 spiro atoms. The van der Waals surface area contributed by atoms with Crippen LogP contribution in [0.4, 0.5) is 5.69 Å². The van der Waals surface area contributed by atoms with Crippen LogP contribution in [-0.2, 0) is 11.8 Å². The molecule has 8 heteroatoms. The second-order valence-corrected chi connectivity index (χ2v) is 12.5. The lowest BCUT2D eigenvalue weighted by molar-refractivity contribution is -0.384. The van der Waals surface area contributed by atoms with Crippen LogP contribution in [-0.4, -0.2) is 17.0 Å². The molecule has 1 heterocycles. The predicted octanol–water partition coefficient (Wildman–Crippen LogP) is 4.87. The molecule has 0 fully saturated rings. The molecule has 1 aromatic heterocycles. The molecular weight excluding hydrogens is 491 g/mol. The molecule has 5 rings (SSSR count). The second-order valence-electron chi connectivity index (χ2n) is 8.17. The molecule has 0 aliphatic heterocycles. The summed E-state index contributed by atoms with van der Waals surface area (Å²) in [5, 5.41) is 15.1. The van der Waals surface area contributed by atoms with Crippen LogP contribution >= 0.6 is 6.04 Å². The Morgan fingerprint density at radius 1 is 0.833 bits per heavy atom. The molecule has 178 valence electrons. The van der Waals surface area contributed by atoms with Gasteiger partial charge in [0.15, 0.2) is 0 Å². The second kappa shape index (κ2) is 9.53. The number of nitro benzene ring substituents is 1. The molecule has 0 amide bonds. The maximum Gasteiger partial charge on any atom is 0.270 e. The normalized spacial score (nSPS) is 11.4. The SMILES string of the molecule is COc1ccc(-c2[nH]c(=O)c3ccc([N+](=O)[O-])cc3c2P(=S)(c2ccccc2)c2ccccc2)cc1. The number of non-ortho nitro benzene ring substituents is 1. The smallest absolute Gasteiger partial charge is 0.270 e. The Kier molecular flexibility index (Phi) is 6.27. The average Bonchev–Trinajstić information content (AvgIpc) is 2.93. The van der Waals surface area contributed by atoms with Crippen molar-refractivity contribution in [1.29, 1.82) is 0 Å². The van der Waals surface area contributed by atoms with Crippen molar-refractivity contribution in [3.8, 4) is 17.0 Å². The van der Waals surface area contributed by atoms with Crippen molar-refractivity contribution >= 4 is 50.2 Å². The Balaban J connectivity index is 1.99. The quantitative estimate of drug-likeness (QED) is 0.199. The molecule has 4 aromatic carbocycles. The molecule has 36 heavy (non-hydrogen) atoms. The van der Waals surface area contributed by atoms with E-state index >= 15 is 0 Å². The molecule has 6 nitrogen and oxygen atoms in total. The van der Waals surface area contributed by atoms with E-state index < -0.39 is 11.0 Å². The number of nitro groups is 1. The van der Waals surface area contributed by atoms with Crippen LogP contribution in [0.15, 0.2) is 108 Å². The number of aromatic amines is 1. The maximum absolute atomic E-state index is 13.3. The zero-order chi connectivity index (χ0) is 25.3. The van der Waals surface area contributed by atoms with Gasteiger partial charge in [0, 0.05) is 34.2 Å². The third-order valence-electron chi connectivity index (χ3n) is 6.12. The molecule has 0 saturated carbocycles. The van der Waals surface area contributed by atoms with E-state index in [0.29, 0.717) is 27.5 Å². The summed E-state index contributed by atoms with van der Waals surface area (Å²) in [6.07, 6.45) is 0. The number of fused-ring (bicyclic) bond motifs is 1. The Hall–Kier alpha value is -4.06. The largest absolute Gasteiger partial charge is 0.497 e. The fraction of sp³-hybridized carbons (Fsp3) is 0.0357. The Morgan fingerprint density at radius 2 is 1.42 bits per heavy atom. The van der Waals surface area contributed by atoms with Gasteiger partial charge in [0.05, 0.1) is 17.7 Å². The van der Waals surface area contributed by atoms with Crippen molar-refractivity contribution in [2.75, 3.05) is 7.11 Å². The van der Waals surface area contributed by atoms with Gasteiger partial charge in [-0.05, 0) is 46.5 Å². The number of methoxy groups -OCH3 is 1. The number of hydrogen-bond acceptors (Lipinski definition) is 5. The highest BCUT2D eigenvalue weighted by Gasteiger charge is 2.31. The zero-order valence-electron chi connectivity index (χ0n) is 19.3. The number of nitrogens with one attached hydrogen (secondary N) is 1. The fourth-order valence-electron chi connectivity index (χ4n) is 4.39. The van der Waals surface area contributed by atoms with E-state index in [2.05, 4.69) is 4.98 Å². The van der Waals surface area contributed by atoms with Crippen LogP contribution in [0.3, 0.4) is 0 Å². The molecule has 5 aromatic rings. The van der Waals surface area contributed by atoms with Gasteiger partial charge >= 0.3 is 0 Å². The summed E-state index contributed by atoms with van der Waals surface area (Å²) in [7, 11) is 1.59. The van der Waals surface area contributed by atoms with Crippen molar-refractivity contribution in [2.45, 2.75) is 0 Å². The van der Waals surface area contributed by atoms with Gasteiger partial charge in [-0.2, -0.15) is 0 Å². The summed E-state index contributed by atoms with van der Waals surface area (Å²) in [6.45, 7) is 0. The Labute approximate surface area is 212 Å². The molecule has 0 unspecified atom stereocenters. The summed E-state index contributed by atoms with van der Waals surface area (Å²) in [5.74, 6) is 0.671. The molecule has 1 N–H and O–H groups in total. The number of aromatic nitrogens is 1. The van der Waals surface area contributed by atoms with Crippen LogP contribution in [0, 0.1) is 10.1 Å². The van der Waals surface area contributed by atoms with E-state index in [1.807, 2.05) is 84.9 Å². The number of H-pyrrole nitrogens is 1. The number of nitrogens with zero attached hydrogens (tertiary/aromatic N) is 1. The summed E-state index contributed by atoms with van der Waals surface area (Å²) < 4.78 is 5.32. The first-order chi connectivity index (χ1) is 17.4. The molecule has 0 radical (unpaired) electrons. The van der Waals surface area contributed by atoms with Crippen molar-refractivity contribution in [3.05, 3.63) is 124 Å². The minimum atomic E-state index is -2.80. The summed E-state index contributed by atoms with van der Waals surface area (Å²) in [6, 6.07) is 28.4. The first-order valence-corrected chi connectivity index (χ1v) is 13.9. The Bertz CT molecular complexity index is 1640. The van der Waals surface area contributed by atoms with E-state index in [1.165, 1.54) is 18.2 Å². The zero-order valence-corrected chi connectivity index (χ0v) is 21.0. The molecule has 0 atom stereocenters. The monoisotopic (exact) mass is 512 g/mol. The van der Waals surface area contributed by atoms with Crippen LogP contribution in [0.5, 0.6) is 5.75 Å². The lowest BCUT2D eigenvalue weighted by Gasteiger charge is -2.28. The third-order valence-corrected chi connectivity index (χ3v) is 11.1. The molecular formula is C28H21N2O4PS. The summed E-state index contributed by atoms with van der Waals surface area (Å²) >= 11 is 6.61. The van der Waals surface area contributed by atoms with Gasteiger partial charge in [0.1, 0.15) is 5.75 Å². The number of hydrogen-bond donors (Lipinski definition) is 1. The molecule has 0 aliphatic rings. The topological polar surface area (TPSA) is 85.2 Å². The molecule has 0 aliphatic carbocycles. The predicted molar refractivity (Wildman–Crippen MR) is 149 cm³/mol. The van der Waals surface area contributed by atoms with Crippen LogP contribution < -0.4 is 26.2 Å². The van der Waals surface area contributed by atoms with E-state index in [1.54, 1.807) is 7.11 Å². The van der Waals surface area contributed by atoms with E-state index in [9.17, 15) is 14.9 Å². The Morgan fingerprint density at radius 3 is 1.94 bits per heavy atom. The van der Waals surface area contributed by atoms with Gasteiger partial charge in [0.25, 0.3) is 11.2 Å². The highest BCUT2D eigenvalue weighted by Crippen LogP contribution is 2.47. The standard InChI is InChI=1S/C28H21N2O4PS/c1-34-21-15-12-19(13-16-21)26-27(25-18-20(30(32)33)14-17-24(25)28(31)29-26)35(36,22-8-4-2-5-9-22)23-10-6-3-7-11-23/h2-18H,1H3,(H,29,31). The van der Waals surface area contributed by atoms with Crippen LogP contribution in [0.1, 0.15) is 0 Å². The number of pyridine rings is 1. The average molecular weight is 513 g/mol. The molecule has 0 saturated heterocycles. The number of rotatable bonds is 6. The summed E-state index contributed by atoms with van der Waals surface area (Å²) in [5.41, 5.74) is 0.846. The molecule has 0 bridgehead atoms. The first kappa shape index (κ1) is 23.7. The van der Waals surface area contributed by atoms with Gasteiger partial charge in [-0.25, -0.2) is 0 Å². The highest BCUT2D eigenvalue weighted by molar-refractivity contribution is 8.25. The van der Waals surface area contributed by atoms with Crippen molar-refractivity contribution in [3.63, 3.8) is 0 Å². The van der Waals surface area contributed by atoms with Gasteiger partial charge < -0.3 is 9.72 Å². The van der Waals surface area contributed by atoms with E-state index in [0.717, 1.165) is 16.2 Å². The van der Waals surface area contributed by atoms with Gasteiger partial charge in [0.2, 0.25) is 0 Å². The third kappa shape index (κ3) is 4.02.